The van der Waals surface area contributed by atoms with Crippen molar-refractivity contribution in [1.82, 2.24) is 9.88 Å². The highest BCUT2D eigenvalue weighted by atomic mass is 16.5. The van der Waals surface area contributed by atoms with Gasteiger partial charge in [0.1, 0.15) is 5.75 Å². The molecule has 0 amide bonds. The number of aromatic nitrogens is 1. The van der Waals surface area contributed by atoms with Gasteiger partial charge < -0.3 is 14.6 Å². The Kier molecular flexibility index (Phi) is 4.86. The molecule has 0 saturated heterocycles. The number of aryl methyl sites for hydroxylation is 1. The smallest absolute Gasteiger partial charge is 0.128 e. The lowest BCUT2D eigenvalue weighted by Gasteiger charge is -2.10. The topological polar surface area (TPSA) is 26.2 Å². The van der Waals surface area contributed by atoms with Crippen LogP contribution in [-0.2, 0) is 6.54 Å². The van der Waals surface area contributed by atoms with E-state index in [4.69, 9.17) is 4.74 Å². The van der Waals surface area contributed by atoms with Crippen molar-refractivity contribution in [3.8, 4) is 5.75 Å². The minimum Gasteiger partial charge on any atom is -0.493 e. The molecule has 2 aromatic rings. The van der Waals surface area contributed by atoms with Crippen molar-refractivity contribution in [3.63, 3.8) is 0 Å². The molecule has 3 heteroatoms. The van der Waals surface area contributed by atoms with Gasteiger partial charge in [0.15, 0.2) is 0 Å². The average Bonchev–Trinajstić information content (AvgIpc) is 2.79. The highest BCUT2D eigenvalue weighted by Gasteiger charge is 2.05. The summed E-state index contributed by atoms with van der Waals surface area (Å²) in [7, 11) is 0. The fraction of sp³-hybridized carbons (Fsp3) is 0.500. The maximum atomic E-state index is 5.66. The van der Waals surface area contributed by atoms with Crippen LogP contribution in [0.2, 0.25) is 0 Å². The molecule has 0 atom stereocenters. The highest BCUT2D eigenvalue weighted by Crippen LogP contribution is 2.26. The Labute approximate surface area is 115 Å². The molecule has 0 fully saturated rings. The molecule has 0 saturated carbocycles. The summed E-state index contributed by atoms with van der Waals surface area (Å²) in [6.45, 7) is 9.19. The molecule has 1 aromatic carbocycles. The number of nitrogens with one attached hydrogen (secondary N) is 1. The molecule has 0 spiro atoms. The second kappa shape index (κ2) is 6.62. The summed E-state index contributed by atoms with van der Waals surface area (Å²) in [6.07, 6.45) is 3.30. The average molecular weight is 260 g/mol. The molecule has 2 rings (SSSR count). The molecule has 104 valence electrons. The van der Waals surface area contributed by atoms with Crippen LogP contribution in [-0.4, -0.2) is 23.8 Å². The first-order valence-corrected chi connectivity index (χ1v) is 7.16. The van der Waals surface area contributed by atoms with E-state index in [1.54, 1.807) is 0 Å². The molecule has 19 heavy (non-hydrogen) atoms. The standard InChI is InChI=1S/C16H24N2O/c1-4-19-16-8-5-7-15-14(16)9-12-18(15)11-6-10-17-13(2)3/h5,7-9,12-13,17H,4,6,10-11H2,1-3H3. The summed E-state index contributed by atoms with van der Waals surface area (Å²) in [6, 6.07) is 8.97. The van der Waals surface area contributed by atoms with E-state index in [0.717, 1.165) is 25.3 Å². The first-order valence-electron chi connectivity index (χ1n) is 7.16. The van der Waals surface area contributed by atoms with Gasteiger partial charge in [-0.25, -0.2) is 0 Å². The third-order valence-corrected chi connectivity index (χ3v) is 3.20. The maximum absolute atomic E-state index is 5.66. The minimum absolute atomic E-state index is 0.561. The molecule has 0 aliphatic heterocycles. The second-order valence-electron chi connectivity index (χ2n) is 5.09. The molecule has 0 unspecified atom stereocenters. The van der Waals surface area contributed by atoms with Gasteiger partial charge in [0.25, 0.3) is 0 Å². The first kappa shape index (κ1) is 13.9. The van der Waals surface area contributed by atoms with Crippen LogP contribution in [0.15, 0.2) is 30.5 Å². The zero-order valence-electron chi connectivity index (χ0n) is 12.1. The van der Waals surface area contributed by atoms with Gasteiger partial charge in [0, 0.05) is 24.2 Å². The van der Waals surface area contributed by atoms with Crippen molar-refractivity contribution in [2.75, 3.05) is 13.2 Å². The van der Waals surface area contributed by atoms with Crippen LogP contribution >= 0.6 is 0 Å². The molecule has 0 radical (unpaired) electrons. The fourth-order valence-electron chi connectivity index (χ4n) is 2.31. The summed E-state index contributed by atoms with van der Waals surface area (Å²) in [5.74, 6) is 0.985. The van der Waals surface area contributed by atoms with Crippen LogP contribution in [0.4, 0.5) is 0 Å². The molecule has 0 aliphatic carbocycles. The SMILES string of the molecule is CCOc1cccc2c1ccn2CCCNC(C)C. The number of ether oxygens (including phenoxy) is 1. The fourth-order valence-corrected chi connectivity index (χ4v) is 2.31. The quantitative estimate of drug-likeness (QED) is 0.772. The van der Waals surface area contributed by atoms with Crippen LogP contribution in [0.1, 0.15) is 27.2 Å². The number of nitrogens with zero attached hydrogens (tertiary/aromatic N) is 1. The predicted molar refractivity (Wildman–Crippen MR) is 80.9 cm³/mol. The minimum atomic E-state index is 0.561. The van der Waals surface area contributed by atoms with Gasteiger partial charge in [0.2, 0.25) is 0 Å². The normalized spacial score (nSPS) is 11.4. The zero-order chi connectivity index (χ0) is 13.7. The van der Waals surface area contributed by atoms with Crippen LogP contribution in [0.5, 0.6) is 5.75 Å². The van der Waals surface area contributed by atoms with Gasteiger partial charge in [-0.2, -0.15) is 0 Å². The summed E-state index contributed by atoms with van der Waals surface area (Å²) >= 11 is 0. The number of benzene rings is 1. The number of hydrogen-bond donors (Lipinski definition) is 1. The summed E-state index contributed by atoms with van der Waals surface area (Å²) < 4.78 is 7.97. The van der Waals surface area contributed by atoms with Gasteiger partial charge >= 0.3 is 0 Å². The molecule has 1 aromatic heterocycles. The lowest BCUT2D eigenvalue weighted by atomic mass is 10.2. The van der Waals surface area contributed by atoms with Gasteiger partial charge in [0.05, 0.1) is 12.1 Å². The van der Waals surface area contributed by atoms with E-state index in [2.05, 4.69) is 48.1 Å². The van der Waals surface area contributed by atoms with Gasteiger partial charge in [-0.05, 0) is 38.1 Å². The summed E-state index contributed by atoms with van der Waals surface area (Å²) in [4.78, 5) is 0. The number of hydrogen-bond acceptors (Lipinski definition) is 2. The van der Waals surface area contributed by atoms with E-state index >= 15 is 0 Å². The van der Waals surface area contributed by atoms with E-state index < -0.39 is 0 Å². The zero-order valence-corrected chi connectivity index (χ0v) is 12.1. The Hall–Kier alpha value is -1.48. The summed E-state index contributed by atoms with van der Waals surface area (Å²) in [5.41, 5.74) is 1.26. The van der Waals surface area contributed by atoms with Crippen molar-refractivity contribution < 1.29 is 4.74 Å². The molecule has 0 bridgehead atoms. The molecule has 3 nitrogen and oxygen atoms in total. The van der Waals surface area contributed by atoms with Gasteiger partial charge in [-0.15, -0.1) is 0 Å². The van der Waals surface area contributed by atoms with Crippen LogP contribution in [0, 0.1) is 0 Å². The van der Waals surface area contributed by atoms with E-state index in [-0.39, 0.29) is 0 Å². The molecule has 1 heterocycles. The third-order valence-electron chi connectivity index (χ3n) is 3.20. The van der Waals surface area contributed by atoms with Crippen molar-refractivity contribution in [3.05, 3.63) is 30.5 Å². The maximum Gasteiger partial charge on any atom is 0.128 e. The van der Waals surface area contributed by atoms with Crippen molar-refractivity contribution in [2.45, 2.75) is 39.8 Å². The van der Waals surface area contributed by atoms with Crippen molar-refractivity contribution in [2.24, 2.45) is 0 Å². The van der Waals surface area contributed by atoms with Crippen LogP contribution < -0.4 is 10.1 Å². The Morgan fingerprint density at radius 3 is 2.84 bits per heavy atom. The Bertz CT molecular complexity index is 516. The van der Waals surface area contributed by atoms with Crippen molar-refractivity contribution in [1.29, 1.82) is 0 Å². The number of rotatable bonds is 7. The van der Waals surface area contributed by atoms with Gasteiger partial charge in [-0.1, -0.05) is 19.9 Å². The van der Waals surface area contributed by atoms with Crippen LogP contribution in [0.25, 0.3) is 10.9 Å². The summed E-state index contributed by atoms with van der Waals surface area (Å²) in [5, 5.41) is 4.66. The van der Waals surface area contributed by atoms with E-state index in [1.165, 1.54) is 10.9 Å². The Morgan fingerprint density at radius 1 is 1.26 bits per heavy atom. The molecular weight excluding hydrogens is 236 g/mol. The largest absolute Gasteiger partial charge is 0.493 e. The predicted octanol–water partition coefficient (Wildman–Crippen LogP) is 3.43. The molecule has 1 N–H and O–H groups in total. The lowest BCUT2D eigenvalue weighted by Crippen LogP contribution is -2.24. The van der Waals surface area contributed by atoms with Crippen LogP contribution in [0.3, 0.4) is 0 Å². The van der Waals surface area contributed by atoms with Gasteiger partial charge in [-0.3, -0.25) is 0 Å². The van der Waals surface area contributed by atoms with E-state index in [9.17, 15) is 0 Å². The Balaban J connectivity index is 2.06. The molecular formula is C16H24N2O. The second-order valence-corrected chi connectivity index (χ2v) is 5.09. The van der Waals surface area contributed by atoms with Crippen molar-refractivity contribution >= 4 is 10.9 Å². The first-order chi connectivity index (χ1) is 9.22. The number of fused-ring (bicyclic) bond motifs is 1. The monoisotopic (exact) mass is 260 g/mol. The molecule has 0 aliphatic rings. The lowest BCUT2D eigenvalue weighted by molar-refractivity contribution is 0.344. The van der Waals surface area contributed by atoms with E-state index in [0.29, 0.717) is 12.6 Å². The third kappa shape index (κ3) is 3.51. The Morgan fingerprint density at radius 2 is 2.11 bits per heavy atom. The van der Waals surface area contributed by atoms with E-state index in [1.807, 2.05) is 13.0 Å². The highest BCUT2D eigenvalue weighted by molar-refractivity contribution is 5.86.